The second kappa shape index (κ2) is 7.65. The van der Waals surface area contributed by atoms with Gasteiger partial charge < -0.3 is 10.6 Å². The SMILES string of the molecule is CCC(NC(=O)CC1CCNCC1)c1cccc(Cl)c1. The van der Waals surface area contributed by atoms with Crippen LogP contribution in [0.3, 0.4) is 0 Å². The van der Waals surface area contributed by atoms with Gasteiger partial charge in [0.15, 0.2) is 0 Å². The van der Waals surface area contributed by atoms with E-state index < -0.39 is 0 Å². The summed E-state index contributed by atoms with van der Waals surface area (Å²) in [5.74, 6) is 0.678. The molecule has 1 saturated heterocycles. The average molecular weight is 295 g/mol. The number of hydrogen-bond acceptors (Lipinski definition) is 2. The Kier molecular flexibility index (Phi) is 5.86. The fraction of sp³-hybridized carbons (Fsp3) is 0.562. The molecule has 1 fully saturated rings. The molecule has 20 heavy (non-hydrogen) atoms. The maximum absolute atomic E-state index is 12.2. The lowest BCUT2D eigenvalue weighted by Crippen LogP contribution is -2.33. The van der Waals surface area contributed by atoms with E-state index >= 15 is 0 Å². The highest BCUT2D eigenvalue weighted by Crippen LogP contribution is 2.22. The first-order chi connectivity index (χ1) is 9.69. The Morgan fingerprint density at radius 3 is 2.85 bits per heavy atom. The van der Waals surface area contributed by atoms with E-state index in [0.29, 0.717) is 17.4 Å². The zero-order valence-electron chi connectivity index (χ0n) is 12.0. The molecule has 0 saturated carbocycles. The van der Waals surface area contributed by atoms with E-state index in [-0.39, 0.29) is 11.9 Å². The number of amides is 1. The summed E-state index contributed by atoms with van der Waals surface area (Å²) in [5.41, 5.74) is 1.08. The molecule has 1 heterocycles. The zero-order chi connectivity index (χ0) is 14.4. The second-order valence-corrected chi connectivity index (χ2v) is 5.92. The fourth-order valence-electron chi connectivity index (χ4n) is 2.75. The van der Waals surface area contributed by atoms with Crippen molar-refractivity contribution in [3.63, 3.8) is 0 Å². The van der Waals surface area contributed by atoms with Crippen LogP contribution in [-0.2, 0) is 4.79 Å². The Balaban J connectivity index is 1.90. The Bertz CT molecular complexity index is 444. The Labute approximate surface area is 126 Å². The summed E-state index contributed by atoms with van der Waals surface area (Å²) < 4.78 is 0. The number of halogens is 1. The van der Waals surface area contributed by atoms with Crippen molar-refractivity contribution in [2.45, 2.75) is 38.6 Å². The highest BCUT2D eigenvalue weighted by molar-refractivity contribution is 6.30. The summed E-state index contributed by atoms with van der Waals surface area (Å²) in [6.07, 6.45) is 3.71. The third kappa shape index (κ3) is 4.50. The lowest BCUT2D eigenvalue weighted by Gasteiger charge is -2.24. The molecule has 2 N–H and O–H groups in total. The van der Waals surface area contributed by atoms with Gasteiger partial charge in [0, 0.05) is 11.4 Å². The third-order valence-electron chi connectivity index (χ3n) is 3.93. The molecule has 0 aromatic heterocycles. The van der Waals surface area contributed by atoms with Crippen LogP contribution in [0.5, 0.6) is 0 Å². The first-order valence-corrected chi connectivity index (χ1v) is 7.82. The predicted molar refractivity (Wildman–Crippen MR) is 82.8 cm³/mol. The van der Waals surface area contributed by atoms with Gasteiger partial charge in [-0.15, -0.1) is 0 Å². The van der Waals surface area contributed by atoms with Crippen molar-refractivity contribution in [2.75, 3.05) is 13.1 Å². The van der Waals surface area contributed by atoms with Crippen LogP contribution >= 0.6 is 11.6 Å². The molecule has 0 spiro atoms. The maximum Gasteiger partial charge on any atom is 0.220 e. The van der Waals surface area contributed by atoms with E-state index in [9.17, 15) is 4.79 Å². The van der Waals surface area contributed by atoms with Crippen LogP contribution in [0.25, 0.3) is 0 Å². The number of nitrogens with one attached hydrogen (secondary N) is 2. The van der Waals surface area contributed by atoms with Crippen molar-refractivity contribution in [1.29, 1.82) is 0 Å². The van der Waals surface area contributed by atoms with Crippen molar-refractivity contribution in [3.8, 4) is 0 Å². The van der Waals surface area contributed by atoms with Crippen LogP contribution in [-0.4, -0.2) is 19.0 Å². The molecule has 2 rings (SSSR count). The highest BCUT2D eigenvalue weighted by Gasteiger charge is 2.19. The molecule has 110 valence electrons. The van der Waals surface area contributed by atoms with Gasteiger partial charge in [0.2, 0.25) is 5.91 Å². The van der Waals surface area contributed by atoms with E-state index in [1.165, 1.54) is 0 Å². The van der Waals surface area contributed by atoms with Crippen LogP contribution < -0.4 is 10.6 Å². The van der Waals surface area contributed by atoms with E-state index in [0.717, 1.165) is 37.9 Å². The predicted octanol–water partition coefficient (Wildman–Crippen LogP) is 3.30. The molecular formula is C16H23ClN2O. The molecule has 3 nitrogen and oxygen atoms in total. The van der Waals surface area contributed by atoms with Crippen LogP contribution in [0, 0.1) is 5.92 Å². The molecular weight excluding hydrogens is 272 g/mol. The van der Waals surface area contributed by atoms with Crippen molar-refractivity contribution < 1.29 is 4.79 Å². The molecule has 1 amide bonds. The Hall–Kier alpha value is -1.06. The minimum Gasteiger partial charge on any atom is -0.349 e. The van der Waals surface area contributed by atoms with Crippen LogP contribution in [0.15, 0.2) is 24.3 Å². The quantitative estimate of drug-likeness (QED) is 0.875. The summed E-state index contributed by atoms with van der Waals surface area (Å²) in [6, 6.07) is 7.79. The number of rotatable bonds is 5. The molecule has 0 aliphatic carbocycles. The van der Waals surface area contributed by atoms with Gasteiger partial charge in [-0.05, 0) is 56.0 Å². The highest BCUT2D eigenvalue weighted by atomic mass is 35.5. The van der Waals surface area contributed by atoms with Gasteiger partial charge >= 0.3 is 0 Å². The van der Waals surface area contributed by atoms with Gasteiger partial charge in [-0.25, -0.2) is 0 Å². The molecule has 1 aliphatic heterocycles. The largest absolute Gasteiger partial charge is 0.349 e. The van der Waals surface area contributed by atoms with E-state index in [1.807, 2.05) is 24.3 Å². The standard InChI is InChI=1S/C16H23ClN2O/c1-2-15(13-4-3-5-14(17)11-13)19-16(20)10-12-6-8-18-9-7-12/h3-5,11-12,15,18H,2,6-10H2,1H3,(H,19,20). The molecule has 1 atom stereocenters. The molecule has 1 aromatic carbocycles. The number of piperidine rings is 1. The smallest absolute Gasteiger partial charge is 0.220 e. The van der Waals surface area contributed by atoms with Crippen molar-refractivity contribution in [1.82, 2.24) is 10.6 Å². The van der Waals surface area contributed by atoms with E-state index in [2.05, 4.69) is 17.6 Å². The van der Waals surface area contributed by atoms with Gasteiger partial charge in [-0.2, -0.15) is 0 Å². The lowest BCUT2D eigenvalue weighted by atomic mass is 9.94. The number of carbonyl (C=O) groups excluding carboxylic acids is 1. The minimum absolute atomic E-state index is 0.0583. The zero-order valence-corrected chi connectivity index (χ0v) is 12.7. The van der Waals surface area contributed by atoms with Crippen molar-refractivity contribution in [3.05, 3.63) is 34.9 Å². The van der Waals surface area contributed by atoms with Crippen LogP contribution in [0.4, 0.5) is 0 Å². The Morgan fingerprint density at radius 1 is 1.45 bits per heavy atom. The van der Waals surface area contributed by atoms with Gasteiger partial charge in [0.1, 0.15) is 0 Å². The monoisotopic (exact) mass is 294 g/mol. The normalized spacial score (nSPS) is 17.7. The molecule has 0 bridgehead atoms. The van der Waals surface area contributed by atoms with Gasteiger partial charge in [-0.1, -0.05) is 30.7 Å². The first kappa shape index (κ1) is 15.3. The van der Waals surface area contributed by atoms with E-state index in [4.69, 9.17) is 11.6 Å². The Morgan fingerprint density at radius 2 is 2.20 bits per heavy atom. The van der Waals surface area contributed by atoms with Crippen molar-refractivity contribution >= 4 is 17.5 Å². The van der Waals surface area contributed by atoms with Crippen LogP contribution in [0.2, 0.25) is 5.02 Å². The second-order valence-electron chi connectivity index (χ2n) is 5.48. The van der Waals surface area contributed by atoms with E-state index in [1.54, 1.807) is 0 Å². The van der Waals surface area contributed by atoms with Crippen LogP contribution in [0.1, 0.15) is 44.2 Å². The lowest BCUT2D eigenvalue weighted by molar-refractivity contribution is -0.123. The maximum atomic E-state index is 12.2. The fourth-order valence-corrected chi connectivity index (χ4v) is 2.94. The summed E-state index contributed by atoms with van der Waals surface area (Å²) in [4.78, 5) is 12.2. The summed E-state index contributed by atoms with van der Waals surface area (Å²) in [6.45, 7) is 4.14. The molecule has 1 unspecified atom stereocenters. The number of carbonyl (C=O) groups is 1. The van der Waals surface area contributed by atoms with Gasteiger partial charge in [-0.3, -0.25) is 4.79 Å². The average Bonchev–Trinajstić information content (AvgIpc) is 2.46. The van der Waals surface area contributed by atoms with Crippen molar-refractivity contribution in [2.24, 2.45) is 5.92 Å². The topological polar surface area (TPSA) is 41.1 Å². The molecule has 0 radical (unpaired) electrons. The minimum atomic E-state index is 0.0583. The van der Waals surface area contributed by atoms with Gasteiger partial charge in [0.05, 0.1) is 6.04 Å². The summed E-state index contributed by atoms with van der Waals surface area (Å²) in [5, 5.41) is 7.18. The third-order valence-corrected chi connectivity index (χ3v) is 4.16. The number of hydrogen-bond donors (Lipinski definition) is 2. The molecule has 1 aromatic rings. The summed E-state index contributed by atoms with van der Waals surface area (Å²) >= 11 is 6.02. The summed E-state index contributed by atoms with van der Waals surface area (Å²) in [7, 11) is 0. The molecule has 4 heteroatoms. The number of benzene rings is 1. The first-order valence-electron chi connectivity index (χ1n) is 7.44. The van der Waals surface area contributed by atoms with Gasteiger partial charge in [0.25, 0.3) is 0 Å². The molecule has 1 aliphatic rings.